The lowest BCUT2D eigenvalue weighted by Gasteiger charge is -2.24. The summed E-state index contributed by atoms with van der Waals surface area (Å²) in [6, 6.07) is 0.00398. The number of hydrogen-bond acceptors (Lipinski definition) is 4. The van der Waals surface area contributed by atoms with Gasteiger partial charge in [0.2, 0.25) is 5.88 Å². The summed E-state index contributed by atoms with van der Waals surface area (Å²) in [5.41, 5.74) is -0.813. The fourth-order valence-corrected chi connectivity index (χ4v) is 2.99. The number of nitrogens with one attached hydrogen (secondary N) is 1. The van der Waals surface area contributed by atoms with Gasteiger partial charge in [-0.2, -0.15) is 11.8 Å². The number of thioether (sulfide) groups is 1. The van der Waals surface area contributed by atoms with Crippen LogP contribution in [-0.4, -0.2) is 26.2 Å². The van der Waals surface area contributed by atoms with E-state index in [0.29, 0.717) is 0 Å². The third kappa shape index (κ3) is 1.89. The van der Waals surface area contributed by atoms with Crippen LogP contribution < -0.4 is 11.2 Å². The van der Waals surface area contributed by atoms with Crippen molar-refractivity contribution >= 4 is 11.8 Å². The van der Waals surface area contributed by atoms with Crippen molar-refractivity contribution in [1.82, 2.24) is 9.55 Å². The van der Waals surface area contributed by atoms with Crippen LogP contribution in [0.25, 0.3) is 0 Å². The second kappa shape index (κ2) is 4.37. The molecule has 88 valence electrons. The Morgan fingerprint density at radius 1 is 1.38 bits per heavy atom. The lowest BCUT2D eigenvalue weighted by molar-refractivity contribution is 0.345. The second-order valence-corrected chi connectivity index (χ2v) is 5.15. The molecular formula is C10H14N2O3S. The molecule has 0 saturated carbocycles. The summed E-state index contributed by atoms with van der Waals surface area (Å²) in [4.78, 5) is 25.1. The summed E-state index contributed by atoms with van der Waals surface area (Å²) < 4.78 is 1.32. The maximum atomic E-state index is 11.7. The molecule has 0 bridgehead atoms. The summed E-state index contributed by atoms with van der Waals surface area (Å²) in [5.74, 6) is 1.77. The van der Waals surface area contributed by atoms with E-state index in [4.69, 9.17) is 0 Å². The van der Waals surface area contributed by atoms with Crippen LogP contribution in [0.2, 0.25) is 0 Å². The van der Waals surface area contributed by atoms with Crippen LogP contribution in [0.1, 0.15) is 24.4 Å². The number of nitrogens with zero attached hydrogens (tertiary/aromatic N) is 1. The van der Waals surface area contributed by atoms with Crippen LogP contribution in [0.4, 0.5) is 0 Å². The predicted octanol–water partition coefficient (Wildman–Crippen LogP) is 0.619. The van der Waals surface area contributed by atoms with Crippen LogP contribution >= 0.6 is 11.8 Å². The van der Waals surface area contributed by atoms with Gasteiger partial charge in [0.1, 0.15) is 0 Å². The van der Waals surface area contributed by atoms with Gasteiger partial charge in [-0.05, 0) is 31.3 Å². The molecule has 2 heterocycles. The van der Waals surface area contributed by atoms with Crippen LogP contribution in [0.15, 0.2) is 9.59 Å². The van der Waals surface area contributed by atoms with Crippen molar-refractivity contribution in [1.29, 1.82) is 0 Å². The molecule has 2 rings (SSSR count). The van der Waals surface area contributed by atoms with E-state index in [2.05, 4.69) is 4.98 Å². The minimum atomic E-state index is -0.510. The fourth-order valence-electron chi connectivity index (χ4n) is 1.91. The van der Waals surface area contributed by atoms with Crippen molar-refractivity contribution in [3.05, 3.63) is 26.4 Å². The first-order chi connectivity index (χ1) is 7.61. The van der Waals surface area contributed by atoms with Gasteiger partial charge in [-0.3, -0.25) is 14.3 Å². The minimum Gasteiger partial charge on any atom is -0.494 e. The van der Waals surface area contributed by atoms with Gasteiger partial charge < -0.3 is 5.11 Å². The molecular weight excluding hydrogens is 228 g/mol. The molecule has 0 radical (unpaired) electrons. The average Bonchev–Trinajstić information content (AvgIpc) is 2.28. The van der Waals surface area contributed by atoms with Crippen molar-refractivity contribution in [3.8, 4) is 5.88 Å². The second-order valence-electron chi connectivity index (χ2n) is 3.92. The number of aromatic amines is 1. The van der Waals surface area contributed by atoms with E-state index in [1.54, 1.807) is 0 Å². The molecule has 1 aliphatic heterocycles. The third-order valence-electron chi connectivity index (χ3n) is 2.90. The molecule has 2 N–H and O–H groups in total. The smallest absolute Gasteiger partial charge is 0.331 e. The first-order valence-electron chi connectivity index (χ1n) is 5.23. The van der Waals surface area contributed by atoms with Gasteiger partial charge in [0.05, 0.1) is 5.56 Å². The first-order valence-corrected chi connectivity index (χ1v) is 6.39. The first kappa shape index (κ1) is 11.3. The highest BCUT2D eigenvalue weighted by molar-refractivity contribution is 7.99. The lowest BCUT2D eigenvalue weighted by atomic mass is 10.1. The fraction of sp³-hybridized carbons (Fsp3) is 0.600. The summed E-state index contributed by atoms with van der Waals surface area (Å²) >= 11 is 1.84. The monoisotopic (exact) mass is 242 g/mol. The highest BCUT2D eigenvalue weighted by Gasteiger charge is 2.21. The Kier molecular flexibility index (Phi) is 3.09. The zero-order chi connectivity index (χ0) is 11.7. The van der Waals surface area contributed by atoms with E-state index in [9.17, 15) is 14.7 Å². The van der Waals surface area contributed by atoms with Gasteiger partial charge in [0, 0.05) is 6.04 Å². The Balaban J connectivity index is 2.51. The Morgan fingerprint density at radius 3 is 2.62 bits per heavy atom. The van der Waals surface area contributed by atoms with Crippen molar-refractivity contribution in [3.63, 3.8) is 0 Å². The summed E-state index contributed by atoms with van der Waals surface area (Å²) in [5, 5.41) is 9.85. The molecule has 0 amide bonds. The highest BCUT2D eigenvalue weighted by atomic mass is 32.2. The molecule has 0 aliphatic carbocycles. The molecule has 1 fully saturated rings. The quantitative estimate of drug-likeness (QED) is 0.757. The summed E-state index contributed by atoms with van der Waals surface area (Å²) in [7, 11) is 0. The van der Waals surface area contributed by atoms with Crippen LogP contribution in [0.3, 0.4) is 0 Å². The molecule has 0 aromatic carbocycles. The van der Waals surface area contributed by atoms with Crippen LogP contribution in [0.5, 0.6) is 5.88 Å². The molecule has 0 spiro atoms. The summed E-state index contributed by atoms with van der Waals surface area (Å²) in [6.07, 6.45) is 1.70. The molecule has 5 nitrogen and oxygen atoms in total. The molecule has 1 aromatic heterocycles. The van der Waals surface area contributed by atoms with E-state index >= 15 is 0 Å². The van der Waals surface area contributed by atoms with Crippen LogP contribution in [0, 0.1) is 6.92 Å². The Hall–Kier alpha value is -1.17. The molecule has 6 heteroatoms. The van der Waals surface area contributed by atoms with Crippen LogP contribution in [-0.2, 0) is 0 Å². The number of hydrogen-bond donors (Lipinski definition) is 2. The molecule has 1 aliphatic rings. The number of aromatic hydroxyl groups is 1. The number of aromatic nitrogens is 2. The standard InChI is InChI=1S/C10H14N2O3S/c1-6-8(13)11-10(15)12(9(6)14)7-2-4-16-5-3-7/h7,14H,2-5H2,1H3,(H,11,13,15). The van der Waals surface area contributed by atoms with Crippen molar-refractivity contribution in [2.75, 3.05) is 11.5 Å². The van der Waals surface area contributed by atoms with Crippen molar-refractivity contribution < 1.29 is 5.11 Å². The van der Waals surface area contributed by atoms with E-state index in [-0.39, 0.29) is 17.5 Å². The number of H-pyrrole nitrogens is 1. The van der Waals surface area contributed by atoms with Gasteiger partial charge >= 0.3 is 5.69 Å². The maximum Gasteiger partial charge on any atom is 0.331 e. The molecule has 0 unspecified atom stereocenters. The average molecular weight is 242 g/mol. The third-order valence-corrected chi connectivity index (χ3v) is 3.95. The summed E-state index contributed by atoms with van der Waals surface area (Å²) in [6.45, 7) is 1.52. The largest absolute Gasteiger partial charge is 0.494 e. The Morgan fingerprint density at radius 2 is 2.00 bits per heavy atom. The zero-order valence-electron chi connectivity index (χ0n) is 9.02. The van der Waals surface area contributed by atoms with E-state index in [1.807, 2.05) is 11.8 Å². The lowest BCUT2D eigenvalue weighted by Crippen LogP contribution is -2.34. The molecule has 16 heavy (non-hydrogen) atoms. The topological polar surface area (TPSA) is 75.1 Å². The van der Waals surface area contributed by atoms with Crippen molar-refractivity contribution in [2.24, 2.45) is 0 Å². The normalized spacial score (nSPS) is 17.6. The highest BCUT2D eigenvalue weighted by Crippen LogP contribution is 2.28. The Bertz CT molecular complexity index is 500. The van der Waals surface area contributed by atoms with Gasteiger partial charge in [-0.1, -0.05) is 0 Å². The van der Waals surface area contributed by atoms with E-state index < -0.39 is 11.2 Å². The van der Waals surface area contributed by atoms with E-state index in [1.165, 1.54) is 11.5 Å². The maximum absolute atomic E-state index is 11.7. The minimum absolute atomic E-state index is 0.00398. The van der Waals surface area contributed by atoms with Crippen molar-refractivity contribution in [2.45, 2.75) is 25.8 Å². The van der Waals surface area contributed by atoms with Gasteiger partial charge in [0.25, 0.3) is 5.56 Å². The Labute approximate surface area is 96.5 Å². The van der Waals surface area contributed by atoms with E-state index in [0.717, 1.165) is 24.3 Å². The molecule has 1 saturated heterocycles. The number of rotatable bonds is 1. The molecule has 1 aromatic rings. The zero-order valence-corrected chi connectivity index (χ0v) is 9.84. The molecule has 0 atom stereocenters. The van der Waals surface area contributed by atoms with Gasteiger partial charge in [-0.15, -0.1) is 0 Å². The van der Waals surface area contributed by atoms with Gasteiger partial charge in [-0.25, -0.2) is 4.79 Å². The van der Waals surface area contributed by atoms with Gasteiger partial charge in [0.15, 0.2) is 0 Å². The predicted molar refractivity (Wildman–Crippen MR) is 63.3 cm³/mol. The SMILES string of the molecule is Cc1c(O)n(C2CCSCC2)c(=O)[nH]c1=O.